The first kappa shape index (κ1) is 18.8. The molecule has 2 aromatic rings. The number of primary amides is 1. The second-order valence-corrected chi connectivity index (χ2v) is 6.20. The summed E-state index contributed by atoms with van der Waals surface area (Å²) in [6.45, 7) is 0.907. The third-order valence-corrected chi connectivity index (χ3v) is 4.01. The highest BCUT2D eigenvalue weighted by molar-refractivity contribution is 9.10. The van der Waals surface area contributed by atoms with Gasteiger partial charge in [0, 0.05) is 18.7 Å². The smallest absolute Gasteiger partial charge is 0.316 e. The zero-order valence-electron chi connectivity index (χ0n) is 13.6. The standard InChI is InChI=1S/C18H20BrN3O3/c19-15-4-1-2-5-16(15)25-11-3-6-17(23)21-12-13-7-9-14(10-8-13)22-18(20)24/h1-2,4-5,7-10H,3,6,11-12H2,(H,21,23)(H3,20,22,24). The van der Waals surface area contributed by atoms with E-state index >= 15 is 0 Å². The van der Waals surface area contributed by atoms with Crippen molar-refractivity contribution in [3.63, 3.8) is 0 Å². The highest BCUT2D eigenvalue weighted by atomic mass is 79.9. The van der Waals surface area contributed by atoms with Crippen LogP contribution in [0.4, 0.5) is 10.5 Å². The van der Waals surface area contributed by atoms with E-state index in [1.54, 1.807) is 12.1 Å². The van der Waals surface area contributed by atoms with Crippen LogP contribution in [0.5, 0.6) is 5.75 Å². The van der Waals surface area contributed by atoms with Gasteiger partial charge in [0.1, 0.15) is 5.75 Å². The first-order chi connectivity index (χ1) is 12.0. The fourth-order valence-electron chi connectivity index (χ4n) is 2.11. The minimum atomic E-state index is -0.606. The maximum Gasteiger partial charge on any atom is 0.316 e. The van der Waals surface area contributed by atoms with Crippen LogP contribution in [0.1, 0.15) is 18.4 Å². The predicted octanol–water partition coefficient (Wildman–Crippen LogP) is 3.42. The van der Waals surface area contributed by atoms with Crippen molar-refractivity contribution in [3.8, 4) is 5.75 Å². The molecule has 0 saturated heterocycles. The van der Waals surface area contributed by atoms with Gasteiger partial charge in [-0.3, -0.25) is 4.79 Å². The second kappa shape index (κ2) is 9.68. The molecule has 25 heavy (non-hydrogen) atoms. The van der Waals surface area contributed by atoms with Gasteiger partial charge in [0.2, 0.25) is 5.91 Å². The van der Waals surface area contributed by atoms with E-state index in [9.17, 15) is 9.59 Å². The lowest BCUT2D eigenvalue weighted by atomic mass is 10.2. The Morgan fingerprint density at radius 1 is 1.08 bits per heavy atom. The molecule has 0 radical (unpaired) electrons. The van der Waals surface area contributed by atoms with Crippen molar-refractivity contribution in [2.45, 2.75) is 19.4 Å². The molecule has 0 saturated carbocycles. The van der Waals surface area contributed by atoms with Crippen LogP contribution in [0.3, 0.4) is 0 Å². The fraction of sp³-hybridized carbons (Fsp3) is 0.222. The van der Waals surface area contributed by atoms with Gasteiger partial charge in [0.15, 0.2) is 0 Å². The van der Waals surface area contributed by atoms with E-state index in [1.165, 1.54) is 0 Å². The van der Waals surface area contributed by atoms with E-state index in [0.29, 0.717) is 31.7 Å². The molecule has 2 aromatic carbocycles. The molecule has 0 heterocycles. The van der Waals surface area contributed by atoms with E-state index in [4.69, 9.17) is 10.5 Å². The maximum atomic E-state index is 11.9. The maximum absolute atomic E-state index is 11.9. The second-order valence-electron chi connectivity index (χ2n) is 5.35. The first-order valence-electron chi connectivity index (χ1n) is 7.84. The summed E-state index contributed by atoms with van der Waals surface area (Å²) >= 11 is 3.41. The Kier molecular flexibility index (Phi) is 7.28. The molecule has 0 aliphatic carbocycles. The number of anilines is 1. The van der Waals surface area contributed by atoms with Crippen LogP contribution in [0.15, 0.2) is 53.0 Å². The lowest BCUT2D eigenvalue weighted by Gasteiger charge is -2.09. The van der Waals surface area contributed by atoms with Crippen LogP contribution in [-0.4, -0.2) is 18.5 Å². The lowest BCUT2D eigenvalue weighted by molar-refractivity contribution is -0.121. The summed E-state index contributed by atoms with van der Waals surface area (Å²) in [6, 6.07) is 14.1. The number of benzene rings is 2. The Hall–Kier alpha value is -2.54. The molecule has 0 unspecified atom stereocenters. The summed E-state index contributed by atoms with van der Waals surface area (Å²) in [5, 5.41) is 5.34. The van der Waals surface area contributed by atoms with Crippen LogP contribution in [0.2, 0.25) is 0 Å². The van der Waals surface area contributed by atoms with Crippen LogP contribution >= 0.6 is 15.9 Å². The number of para-hydroxylation sites is 1. The van der Waals surface area contributed by atoms with Crippen LogP contribution in [0, 0.1) is 0 Å². The van der Waals surface area contributed by atoms with E-state index in [2.05, 4.69) is 26.6 Å². The van der Waals surface area contributed by atoms with Crippen LogP contribution in [0.25, 0.3) is 0 Å². The molecule has 0 bridgehead atoms. The zero-order chi connectivity index (χ0) is 18.1. The third-order valence-electron chi connectivity index (χ3n) is 3.35. The van der Waals surface area contributed by atoms with Gasteiger partial charge in [-0.2, -0.15) is 0 Å². The van der Waals surface area contributed by atoms with E-state index in [-0.39, 0.29) is 5.91 Å². The van der Waals surface area contributed by atoms with Gasteiger partial charge in [0.05, 0.1) is 11.1 Å². The summed E-state index contributed by atoms with van der Waals surface area (Å²) < 4.78 is 6.52. The van der Waals surface area contributed by atoms with Gasteiger partial charge < -0.3 is 21.1 Å². The molecule has 4 N–H and O–H groups in total. The molecular weight excluding hydrogens is 386 g/mol. The van der Waals surface area contributed by atoms with Gasteiger partial charge in [-0.05, 0) is 52.2 Å². The number of carbonyl (C=O) groups is 2. The number of halogens is 1. The number of urea groups is 1. The highest BCUT2D eigenvalue weighted by Crippen LogP contribution is 2.23. The molecule has 0 aliphatic heterocycles. The van der Waals surface area contributed by atoms with E-state index in [1.807, 2.05) is 36.4 Å². The molecule has 0 fully saturated rings. The molecule has 0 aliphatic rings. The van der Waals surface area contributed by atoms with Crippen molar-refractivity contribution in [1.29, 1.82) is 0 Å². The van der Waals surface area contributed by atoms with E-state index < -0.39 is 6.03 Å². The average Bonchev–Trinajstić information content (AvgIpc) is 2.59. The number of nitrogens with two attached hydrogens (primary N) is 1. The Labute approximate surface area is 154 Å². The Morgan fingerprint density at radius 2 is 1.80 bits per heavy atom. The molecule has 2 rings (SSSR count). The van der Waals surface area contributed by atoms with Crippen molar-refractivity contribution >= 4 is 33.6 Å². The SMILES string of the molecule is NC(=O)Nc1ccc(CNC(=O)CCCOc2ccccc2Br)cc1. The third kappa shape index (κ3) is 6.84. The quantitative estimate of drug-likeness (QED) is 0.587. The number of ether oxygens (including phenoxy) is 1. The van der Waals surface area contributed by atoms with Gasteiger partial charge in [-0.15, -0.1) is 0 Å². The largest absolute Gasteiger partial charge is 0.492 e. The normalized spacial score (nSPS) is 10.1. The minimum Gasteiger partial charge on any atom is -0.492 e. The van der Waals surface area contributed by atoms with Crippen molar-refractivity contribution in [1.82, 2.24) is 5.32 Å². The summed E-state index contributed by atoms with van der Waals surface area (Å²) in [5.41, 5.74) is 6.60. The average molecular weight is 406 g/mol. The van der Waals surface area contributed by atoms with E-state index in [0.717, 1.165) is 15.8 Å². The molecule has 7 heteroatoms. The molecule has 3 amide bonds. The topological polar surface area (TPSA) is 93.5 Å². The number of hydrogen-bond acceptors (Lipinski definition) is 3. The van der Waals surface area contributed by atoms with Gasteiger partial charge in [-0.1, -0.05) is 24.3 Å². The summed E-state index contributed by atoms with van der Waals surface area (Å²) in [7, 11) is 0. The van der Waals surface area contributed by atoms with Crippen molar-refractivity contribution in [2.24, 2.45) is 5.73 Å². The van der Waals surface area contributed by atoms with Crippen LogP contribution in [-0.2, 0) is 11.3 Å². The van der Waals surface area contributed by atoms with Crippen molar-refractivity contribution in [3.05, 3.63) is 58.6 Å². The summed E-state index contributed by atoms with van der Waals surface area (Å²) in [6.07, 6.45) is 1.03. The Bertz CT molecular complexity index is 720. The monoisotopic (exact) mass is 405 g/mol. The molecular formula is C18H20BrN3O3. The molecule has 6 nitrogen and oxygen atoms in total. The molecule has 0 spiro atoms. The zero-order valence-corrected chi connectivity index (χ0v) is 15.2. The number of carbonyl (C=O) groups excluding carboxylic acids is 2. The Balaban J connectivity index is 1.65. The van der Waals surface area contributed by atoms with Crippen molar-refractivity contribution < 1.29 is 14.3 Å². The van der Waals surface area contributed by atoms with Gasteiger partial charge in [-0.25, -0.2) is 4.79 Å². The number of rotatable bonds is 8. The summed E-state index contributed by atoms with van der Waals surface area (Å²) in [4.78, 5) is 22.6. The van der Waals surface area contributed by atoms with Gasteiger partial charge in [0.25, 0.3) is 0 Å². The molecule has 0 aromatic heterocycles. The number of hydrogen-bond donors (Lipinski definition) is 3. The minimum absolute atomic E-state index is 0.0323. The Morgan fingerprint density at radius 3 is 2.48 bits per heavy atom. The number of amides is 3. The van der Waals surface area contributed by atoms with Crippen LogP contribution < -0.4 is 21.1 Å². The number of nitrogens with one attached hydrogen (secondary N) is 2. The van der Waals surface area contributed by atoms with Gasteiger partial charge >= 0.3 is 6.03 Å². The molecule has 132 valence electrons. The fourth-order valence-corrected chi connectivity index (χ4v) is 2.51. The molecule has 0 atom stereocenters. The summed E-state index contributed by atoms with van der Waals surface area (Å²) in [5.74, 6) is 0.739. The first-order valence-corrected chi connectivity index (χ1v) is 8.63. The highest BCUT2D eigenvalue weighted by Gasteiger charge is 2.04. The lowest BCUT2D eigenvalue weighted by Crippen LogP contribution is -2.23. The van der Waals surface area contributed by atoms with Crippen molar-refractivity contribution in [2.75, 3.05) is 11.9 Å². The predicted molar refractivity (Wildman–Crippen MR) is 100 cm³/mol.